The Labute approximate surface area is 167 Å². The summed E-state index contributed by atoms with van der Waals surface area (Å²) in [5.74, 6) is -0.108. The summed E-state index contributed by atoms with van der Waals surface area (Å²) in [7, 11) is 1.57. The van der Waals surface area contributed by atoms with Crippen LogP contribution in [-0.2, 0) is 6.42 Å². The number of hydrogen-bond acceptors (Lipinski definition) is 4. The van der Waals surface area contributed by atoms with Crippen molar-refractivity contribution in [1.82, 2.24) is 5.01 Å². The van der Waals surface area contributed by atoms with E-state index in [0.29, 0.717) is 23.3 Å². The van der Waals surface area contributed by atoms with Gasteiger partial charge in [0.15, 0.2) is 0 Å². The molecule has 0 radical (unpaired) electrons. The van der Waals surface area contributed by atoms with Gasteiger partial charge >= 0.3 is 0 Å². The number of hydrazone groups is 1. The first-order valence-corrected chi connectivity index (χ1v) is 9.43. The number of aryl methyl sites for hydroxylation is 2. The maximum Gasteiger partial charge on any atom is 0.274 e. The Balaban J connectivity index is 2.54. The summed E-state index contributed by atoms with van der Waals surface area (Å²) in [6, 6.07) is 10.9. The third kappa shape index (κ3) is 4.71. The van der Waals surface area contributed by atoms with E-state index in [1.165, 1.54) is 5.01 Å². The number of ether oxygens (including phenoxy) is 1. The molecule has 1 amide bonds. The third-order valence-corrected chi connectivity index (χ3v) is 4.42. The lowest BCUT2D eigenvalue weighted by molar-refractivity contribution is -0.215. The molecule has 28 heavy (non-hydrogen) atoms. The summed E-state index contributed by atoms with van der Waals surface area (Å²) in [6.07, 6.45) is 0.626. The Bertz CT molecular complexity index is 875. The summed E-state index contributed by atoms with van der Waals surface area (Å²) in [5, 5.41) is 18.5. The van der Waals surface area contributed by atoms with Gasteiger partial charge in [0.2, 0.25) is 0 Å². The van der Waals surface area contributed by atoms with Crippen molar-refractivity contribution >= 4 is 11.8 Å². The zero-order valence-corrected chi connectivity index (χ0v) is 17.8. The molecule has 0 N–H and O–H groups in total. The number of carbonyl (C=O) groups excluding carboxylic acids is 1. The predicted octanol–water partition coefficient (Wildman–Crippen LogP) is 3.84. The van der Waals surface area contributed by atoms with Crippen LogP contribution in [0.3, 0.4) is 0 Å². The van der Waals surface area contributed by atoms with E-state index in [1.807, 2.05) is 65.8 Å². The Kier molecular flexibility index (Phi) is 6.49. The molecule has 0 unspecified atom stereocenters. The minimum Gasteiger partial charge on any atom is -0.857 e. The zero-order chi connectivity index (χ0) is 21.1. The average molecular weight is 381 g/mol. The first kappa shape index (κ1) is 21.5. The molecule has 0 saturated carbocycles. The van der Waals surface area contributed by atoms with E-state index in [9.17, 15) is 9.90 Å². The molecule has 0 aliphatic carbocycles. The van der Waals surface area contributed by atoms with Gasteiger partial charge in [-0.15, -0.1) is 0 Å². The summed E-state index contributed by atoms with van der Waals surface area (Å²) in [6.45, 7) is 11.4. The van der Waals surface area contributed by atoms with Crippen LogP contribution in [0.25, 0.3) is 0 Å². The Morgan fingerprint density at radius 3 is 2.25 bits per heavy atom. The number of methoxy groups -OCH3 is 1. The van der Waals surface area contributed by atoms with Crippen LogP contribution in [0.15, 0.2) is 41.5 Å². The fourth-order valence-electron chi connectivity index (χ4n) is 3.19. The highest BCUT2D eigenvalue weighted by molar-refractivity contribution is 5.98. The zero-order valence-electron chi connectivity index (χ0n) is 17.8. The summed E-state index contributed by atoms with van der Waals surface area (Å²) in [5.41, 5.74) is 3.07. The van der Waals surface area contributed by atoms with Gasteiger partial charge in [-0.1, -0.05) is 36.2 Å². The lowest BCUT2D eigenvalue weighted by Crippen LogP contribution is -2.44. The quantitative estimate of drug-likeness (QED) is 0.449. The molecule has 0 spiro atoms. The van der Waals surface area contributed by atoms with Gasteiger partial charge in [0.25, 0.3) is 5.91 Å². The maximum atomic E-state index is 13.2. The molecular weight excluding hydrogens is 352 g/mol. The largest absolute Gasteiger partial charge is 0.857 e. The second-order valence-corrected chi connectivity index (χ2v) is 7.91. The lowest BCUT2D eigenvalue weighted by Gasteiger charge is -2.33. The summed E-state index contributed by atoms with van der Waals surface area (Å²) >= 11 is 0. The Morgan fingerprint density at radius 2 is 1.75 bits per heavy atom. The van der Waals surface area contributed by atoms with Crippen LogP contribution < -0.4 is 9.84 Å². The van der Waals surface area contributed by atoms with Gasteiger partial charge in [0, 0.05) is 17.0 Å². The fraction of sp³-hybridized carbons (Fsp3) is 0.391. The topological polar surface area (TPSA) is 65.0 Å². The average Bonchev–Trinajstić information content (AvgIpc) is 2.62. The molecule has 2 aromatic rings. The molecule has 0 heterocycles. The van der Waals surface area contributed by atoms with Crippen molar-refractivity contribution in [3.8, 4) is 5.75 Å². The van der Waals surface area contributed by atoms with Crippen molar-refractivity contribution in [1.29, 1.82) is 0 Å². The molecular formula is C23H29N2O3-. The molecule has 0 saturated heterocycles. The van der Waals surface area contributed by atoms with E-state index in [4.69, 9.17) is 4.74 Å². The molecule has 0 atom stereocenters. The van der Waals surface area contributed by atoms with Gasteiger partial charge < -0.3 is 9.84 Å². The molecule has 0 fully saturated rings. The van der Waals surface area contributed by atoms with Crippen LogP contribution in [-0.4, -0.2) is 29.5 Å². The first-order valence-electron chi connectivity index (χ1n) is 9.43. The van der Waals surface area contributed by atoms with E-state index in [1.54, 1.807) is 19.2 Å². The summed E-state index contributed by atoms with van der Waals surface area (Å²) < 4.78 is 5.37. The number of nitrogens with zero attached hydrogens (tertiary/aromatic N) is 2. The SMILES string of the molecule is CCc1c(OC)cccc1/C([O-])=N/N(C(=O)c1cc(C)cc(C)c1)C(C)(C)C. The van der Waals surface area contributed by atoms with E-state index >= 15 is 0 Å². The minimum absolute atomic E-state index is 0.298. The van der Waals surface area contributed by atoms with Crippen molar-refractivity contribution in [2.75, 3.05) is 7.11 Å². The molecule has 2 rings (SSSR count). The van der Waals surface area contributed by atoms with Crippen molar-refractivity contribution in [2.45, 2.75) is 53.5 Å². The van der Waals surface area contributed by atoms with Crippen LogP contribution in [0.1, 0.15) is 60.3 Å². The summed E-state index contributed by atoms with van der Waals surface area (Å²) in [4.78, 5) is 13.2. The normalized spacial score (nSPS) is 12.0. The van der Waals surface area contributed by atoms with Crippen molar-refractivity contribution < 1.29 is 14.6 Å². The predicted molar refractivity (Wildman–Crippen MR) is 111 cm³/mol. The van der Waals surface area contributed by atoms with E-state index < -0.39 is 11.4 Å². The van der Waals surface area contributed by atoms with E-state index in [-0.39, 0.29) is 5.91 Å². The second kappa shape index (κ2) is 8.46. The lowest BCUT2D eigenvalue weighted by atomic mass is 10.0. The molecule has 0 aliphatic heterocycles. The number of hydrogen-bond donors (Lipinski definition) is 0. The van der Waals surface area contributed by atoms with E-state index in [2.05, 4.69) is 5.10 Å². The second-order valence-electron chi connectivity index (χ2n) is 7.91. The van der Waals surface area contributed by atoms with E-state index in [0.717, 1.165) is 16.7 Å². The highest BCUT2D eigenvalue weighted by Gasteiger charge is 2.28. The molecule has 2 aromatic carbocycles. The van der Waals surface area contributed by atoms with Crippen LogP contribution in [0.4, 0.5) is 0 Å². The Morgan fingerprint density at radius 1 is 1.14 bits per heavy atom. The maximum absolute atomic E-state index is 13.2. The smallest absolute Gasteiger partial charge is 0.274 e. The number of carbonyl (C=O) groups is 1. The van der Waals surface area contributed by atoms with Gasteiger partial charge in [0.1, 0.15) is 5.75 Å². The van der Waals surface area contributed by atoms with Crippen LogP contribution >= 0.6 is 0 Å². The van der Waals surface area contributed by atoms with Crippen molar-refractivity contribution in [3.63, 3.8) is 0 Å². The van der Waals surface area contributed by atoms with Crippen molar-refractivity contribution in [2.24, 2.45) is 5.10 Å². The molecule has 0 aliphatic rings. The first-order chi connectivity index (χ1) is 13.1. The molecule has 0 aromatic heterocycles. The molecule has 150 valence electrons. The highest BCUT2D eigenvalue weighted by atomic mass is 16.5. The third-order valence-electron chi connectivity index (χ3n) is 4.42. The number of benzene rings is 2. The monoisotopic (exact) mass is 381 g/mol. The highest BCUT2D eigenvalue weighted by Crippen LogP contribution is 2.24. The Hall–Kier alpha value is -2.82. The standard InChI is InChI=1S/C23H30N2O3/c1-8-18-19(10-9-11-20(18)28-7)21(26)24-25(23(4,5)6)22(27)17-13-15(2)12-16(3)14-17/h9-14H,8H2,1-7H3,(H,24,26)/p-1. The number of amides is 1. The van der Waals surface area contributed by atoms with Gasteiger partial charge in [-0.05, 0) is 64.8 Å². The fourth-order valence-corrected chi connectivity index (χ4v) is 3.19. The number of rotatable bonds is 5. The van der Waals surface area contributed by atoms with Crippen molar-refractivity contribution in [3.05, 3.63) is 64.2 Å². The molecule has 5 nitrogen and oxygen atoms in total. The van der Waals surface area contributed by atoms with Gasteiger partial charge in [-0.25, -0.2) is 5.01 Å². The van der Waals surface area contributed by atoms with Gasteiger partial charge in [-0.2, -0.15) is 5.10 Å². The van der Waals surface area contributed by atoms with Gasteiger partial charge in [-0.3, -0.25) is 4.79 Å². The minimum atomic E-state index is -0.657. The van der Waals surface area contributed by atoms with Crippen LogP contribution in [0, 0.1) is 13.8 Å². The molecule has 0 bridgehead atoms. The van der Waals surface area contributed by atoms with Crippen LogP contribution in [0.5, 0.6) is 5.75 Å². The van der Waals surface area contributed by atoms with Gasteiger partial charge in [0.05, 0.1) is 12.6 Å². The van der Waals surface area contributed by atoms with Crippen LogP contribution in [0.2, 0.25) is 0 Å². The molecule has 5 heteroatoms.